The van der Waals surface area contributed by atoms with Gasteiger partial charge in [0.25, 0.3) is 5.69 Å². The number of carbonyl (C=O) groups excluding carboxylic acids is 1. The van der Waals surface area contributed by atoms with E-state index in [9.17, 15) is 14.9 Å². The summed E-state index contributed by atoms with van der Waals surface area (Å²) >= 11 is 0. The highest BCUT2D eigenvalue weighted by Crippen LogP contribution is 2.28. The zero-order chi connectivity index (χ0) is 20.1. The van der Waals surface area contributed by atoms with Crippen LogP contribution in [0.15, 0.2) is 57.7 Å². The molecule has 2 aromatic rings. The lowest BCUT2D eigenvalue weighted by Crippen LogP contribution is -2.24. The van der Waals surface area contributed by atoms with Gasteiger partial charge in [-0.15, -0.1) is 0 Å². The number of aromatic nitrogens is 1. The molecule has 10 heteroatoms. The van der Waals surface area contributed by atoms with Gasteiger partial charge >= 0.3 is 5.97 Å². The largest absolute Gasteiger partial charge is 0.464 e. The Labute approximate surface area is 159 Å². The molecule has 28 heavy (non-hydrogen) atoms. The fourth-order valence-corrected chi connectivity index (χ4v) is 2.47. The van der Waals surface area contributed by atoms with Crippen molar-refractivity contribution >= 4 is 34.6 Å². The molecule has 0 saturated carbocycles. The third-order valence-electron chi connectivity index (χ3n) is 3.83. The van der Waals surface area contributed by atoms with Gasteiger partial charge < -0.3 is 4.74 Å². The molecule has 0 radical (unpaired) electrons. The summed E-state index contributed by atoms with van der Waals surface area (Å²) in [6.45, 7) is 1.61. The number of rotatable bonds is 4. The fraction of sp³-hybridized carbons (Fsp3) is 0.167. The molecule has 0 aliphatic carbocycles. The molecule has 1 aliphatic heterocycles. The highest BCUT2D eigenvalue weighted by molar-refractivity contribution is 6.35. The van der Waals surface area contributed by atoms with E-state index < -0.39 is 10.9 Å². The number of non-ortho nitro benzene ring substituents is 1. The van der Waals surface area contributed by atoms with Crippen LogP contribution in [-0.4, -0.2) is 46.8 Å². The Morgan fingerprint density at radius 3 is 2.82 bits per heavy atom. The number of methoxy groups -OCH3 is 1. The van der Waals surface area contributed by atoms with E-state index >= 15 is 0 Å². The van der Waals surface area contributed by atoms with Gasteiger partial charge in [-0.05, 0) is 25.1 Å². The van der Waals surface area contributed by atoms with Crippen LogP contribution in [0.25, 0.3) is 0 Å². The third kappa shape index (κ3) is 4.06. The Hall–Kier alpha value is -3.95. The number of amidine groups is 1. The first-order chi connectivity index (χ1) is 13.5. The van der Waals surface area contributed by atoms with E-state index in [1.165, 1.54) is 32.2 Å². The topological polar surface area (TPSA) is 131 Å². The Kier molecular flexibility index (Phi) is 5.49. The highest BCUT2D eigenvalue weighted by atomic mass is 16.6. The maximum Gasteiger partial charge on any atom is 0.353 e. The molecular formula is C18H16N6O4. The number of ether oxygens (including phenoxy) is 1. The van der Waals surface area contributed by atoms with Crippen LogP contribution >= 0.6 is 0 Å². The van der Waals surface area contributed by atoms with Crippen LogP contribution in [0.3, 0.4) is 0 Å². The molecule has 142 valence electrons. The molecule has 0 bridgehead atoms. The Morgan fingerprint density at radius 1 is 1.32 bits per heavy atom. The van der Waals surface area contributed by atoms with Crippen molar-refractivity contribution < 1.29 is 14.5 Å². The SMILES string of the molecule is COC(=O)/C(C)=N\NC1=Nc2ccc([N+](=O)[O-])cc2C(c2ccccn2)=NC1. The van der Waals surface area contributed by atoms with E-state index in [-0.39, 0.29) is 17.9 Å². The van der Waals surface area contributed by atoms with Crippen molar-refractivity contribution in [1.29, 1.82) is 0 Å². The molecular weight excluding hydrogens is 364 g/mol. The second-order valence-electron chi connectivity index (χ2n) is 5.70. The standard InChI is InChI=1S/C18H16N6O4/c1-11(18(25)28-2)22-23-16-10-20-17(15-5-3-4-8-19-15)13-9-12(24(26)27)6-7-14(13)21-16/h3-9H,10H2,1-2H3,(H,21,23)/b22-11-. The molecule has 0 unspecified atom stereocenters. The van der Waals surface area contributed by atoms with Crippen molar-refractivity contribution in [2.24, 2.45) is 15.1 Å². The van der Waals surface area contributed by atoms with Crippen molar-refractivity contribution in [3.05, 3.63) is 64.0 Å². The van der Waals surface area contributed by atoms with E-state index in [1.54, 1.807) is 24.4 Å². The number of aliphatic imine (C=N–C) groups is 2. The minimum absolute atomic E-state index is 0.0754. The predicted octanol–water partition coefficient (Wildman–Crippen LogP) is 2.01. The van der Waals surface area contributed by atoms with Gasteiger partial charge in [-0.25, -0.2) is 9.79 Å². The molecule has 3 rings (SSSR count). The lowest BCUT2D eigenvalue weighted by molar-refractivity contribution is -0.384. The molecule has 0 amide bonds. The molecule has 0 spiro atoms. The van der Waals surface area contributed by atoms with E-state index in [4.69, 9.17) is 0 Å². The van der Waals surface area contributed by atoms with Gasteiger partial charge in [0, 0.05) is 23.9 Å². The Morgan fingerprint density at radius 2 is 2.14 bits per heavy atom. The second-order valence-corrected chi connectivity index (χ2v) is 5.70. The van der Waals surface area contributed by atoms with Crippen LogP contribution in [0.4, 0.5) is 11.4 Å². The van der Waals surface area contributed by atoms with Gasteiger partial charge in [-0.1, -0.05) is 6.07 Å². The predicted molar refractivity (Wildman–Crippen MR) is 103 cm³/mol. The number of esters is 1. The summed E-state index contributed by atoms with van der Waals surface area (Å²) < 4.78 is 4.59. The van der Waals surface area contributed by atoms with Crippen molar-refractivity contribution in [2.75, 3.05) is 13.7 Å². The zero-order valence-electron chi connectivity index (χ0n) is 15.1. The number of nitro benzene ring substituents is 1. The molecule has 1 aromatic carbocycles. The van der Waals surface area contributed by atoms with Crippen LogP contribution in [0, 0.1) is 10.1 Å². The van der Waals surface area contributed by atoms with Crippen LogP contribution in [0.1, 0.15) is 18.2 Å². The molecule has 2 heterocycles. The number of hydrazone groups is 1. The van der Waals surface area contributed by atoms with Gasteiger partial charge in [0.2, 0.25) is 0 Å². The Balaban J connectivity index is 2.04. The number of carbonyl (C=O) groups is 1. The molecule has 1 N–H and O–H groups in total. The van der Waals surface area contributed by atoms with Crippen LogP contribution in [0.2, 0.25) is 0 Å². The maximum absolute atomic E-state index is 11.5. The van der Waals surface area contributed by atoms with Gasteiger partial charge in [0.05, 0.1) is 35.7 Å². The summed E-state index contributed by atoms with van der Waals surface area (Å²) in [4.78, 5) is 35.4. The fourth-order valence-electron chi connectivity index (χ4n) is 2.47. The lowest BCUT2D eigenvalue weighted by atomic mass is 10.0. The van der Waals surface area contributed by atoms with E-state index in [2.05, 4.69) is 30.2 Å². The average Bonchev–Trinajstić information content (AvgIpc) is 2.90. The zero-order valence-corrected chi connectivity index (χ0v) is 15.1. The van der Waals surface area contributed by atoms with Crippen molar-refractivity contribution in [3.8, 4) is 0 Å². The molecule has 0 saturated heterocycles. The van der Waals surface area contributed by atoms with Crippen molar-refractivity contribution in [2.45, 2.75) is 6.92 Å². The van der Waals surface area contributed by atoms with Crippen molar-refractivity contribution in [3.63, 3.8) is 0 Å². The minimum Gasteiger partial charge on any atom is -0.464 e. The number of pyridine rings is 1. The number of hydrogen-bond acceptors (Lipinski definition) is 9. The normalized spacial score (nSPS) is 13.6. The molecule has 10 nitrogen and oxygen atoms in total. The average molecular weight is 380 g/mol. The van der Waals surface area contributed by atoms with Crippen LogP contribution < -0.4 is 5.43 Å². The van der Waals surface area contributed by atoms with Gasteiger partial charge in [0.15, 0.2) is 0 Å². The summed E-state index contributed by atoms with van der Waals surface area (Å²) in [7, 11) is 1.26. The second kappa shape index (κ2) is 8.16. The molecule has 0 atom stereocenters. The van der Waals surface area contributed by atoms with E-state index in [1.807, 2.05) is 0 Å². The monoisotopic (exact) mass is 380 g/mol. The van der Waals surface area contributed by atoms with Crippen LogP contribution in [-0.2, 0) is 9.53 Å². The summed E-state index contributed by atoms with van der Waals surface area (Å²) in [6, 6.07) is 9.65. The summed E-state index contributed by atoms with van der Waals surface area (Å²) in [6.07, 6.45) is 1.61. The smallest absolute Gasteiger partial charge is 0.353 e. The highest BCUT2D eigenvalue weighted by Gasteiger charge is 2.20. The number of benzene rings is 1. The number of nitrogens with zero attached hydrogens (tertiary/aromatic N) is 5. The Bertz CT molecular complexity index is 1010. The van der Waals surface area contributed by atoms with Crippen molar-refractivity contribution in [1.82, 2.24) is 10.4 Å². The first-order valence-electron chi connectivity index (χ1n) is 8.20. The van der Waals surface area contributed by atoms with Gasteiger partial charge in [-0.2, -0.15) is 5.10 Å². The number of fused-ring (bicyclic) bond motifs is 1. The van der Waals surface area contributed by atoms with Crippen LogP contribution in [0.5, 0.6) is 0 Å². The summed E-state index contributed by atoms with van der Waals surface area (Å²) in [5.74, 6) is -0.209. The molecule has 1 aliphatic rings. The molecule has 0 fully saturated rings. The molecule has 1 aromatic heterocycles. The quantitative estimate of drug-likeness (QED) is 0.373. The number of hydrogen-bond donors (Lipinski definition) is 1. The first kappa shape index (κ1) is 18.8. The number of nitro groups is 1. The van der Waals surface area contributed by atoms with Gasteiger partial charge in [0.1, 0.15) is 11.5 Å². The first-order valence-corrected chi connectivity index (χ1v) is 8.20. The number of nitrogens with one attached hydrogen (secondary N) is 1. The van der Waals surface area contributed by atoms with Gasteiger partial charge in [-0.3, -0.25) is 25.5 Å². The third-order valence-corrected chi connectivity index (χ3v) is 3.83. The minimum atomic E-state index is -0.574. The summed E-state index contributed by atoms with van der Waals surface area (Å²) in [5, 5.41) is 15.1. The lowest BCUT2D eigenvalue weighted by Gasteiger charge is -2.07. The maximum atomic E-state index is 11.5. The van der Waals surface area contributed by atoms with E-state index in [0.717, 1.165) is 0 Å². The van der Waals surface area contributed by atoms with E-state index in [0.29, 0.717) is 28.5 Å². The summed E-state index contributed by atoms with van der Waals surface area (Å²) in [5.41, 5.74) is 4.75.